The van der Waals surface area contributed by atoms with Gasteiger partial charge in [0, 0.05) is 23.5 Å². The number of rotatable bonds is 5. The van der Waals surface area contributed by atoms with Gasteiger partial charge in [-0.3, -0.25) is 20.1 Å². The smallest absolute Gasteiger partial charge is 0.276 e. The van der Waals surface area contributed by atoms with Crippen LogP contribution in [0.5, 0.6) is 0 Å². The topological polar surface area (TPSA) is 88.0 Å². The molecular formula is C21H16ClFN4O2S. The third-order valence-electron chi connectivity index (χ3n) is 4.47. The van der Waals surface area contributed by atoms with E-state index in [1.54, 1.807) is 30.5 Å². The monoisotopic (exact) mass is 442 g/mol. The van der Waals surface area contributed by atoms with Gasteiger partial charge in [-0.25, -0.2) is 9.37 Å². The number of carbonyl (C=O) groups excluding carboxylic acids is 1. The summed E-state index contributed by atoms with van der Waals surface area (Å²) < 4.78 is 14.0. The molecule has 0 unspecified atom stereocenters. The molecule has 0 radical (unpaired) electrons. The molecule has 1 amide bonds. The van der Waals surface area contributed by atoms with E-state index in [1.165, 1.54) is 29.7 Å². The molecule has 4 rings (SSSR count). The predicted octanol–water partition coefficient (Wildman–Crippen LogP) is 5.24. The lowest BCUT2D eigenvalue weighted by Crippen LogP contribution is -2.13. The van der Waals surface area contributed by atoms with Gasteiger partial charge in [-0.1, -0.05) is 29.9 Å². The Balaban J connectivity index is 1.52. The average molecular weight is 443 g/mol. The molecule has 0 aliphatic heterocycles. The molecule has 0 aliphatic carbocycles. The number of halogens is 2. The van der Waals surface area contributed by atoms with Gasteiger partial charge in [0.1, 0.15) is 11.5 Å². The van der Waals surface area contributed by atoms with Crippen molar-refractivity contribution in [2.75, 3.05) is 5.32 Å². The van der Waals surface area contributed by atoms with E-state index in [-0.39, 0.29) is 11.5 Å². The first kappa shape index (κ1) is 20.3. The van der Waals surface area contributed by atoms with E-state index >= 15 is 0 Å². The van der Waals surface area contributed by atoms with Crippen molar-refractivity contribution in [3.05, 3.63) is 70.9 Å². The zero-order chi connectivity index (χ0) is 21.3. The highest BCUT2D eigenvalue weighted by Crippen LogP contribution is 2.29. The Morgan fingerprint density at radius 3 is 2.77 bits per heavy atom. The fourth-order valence-corrected chi connectivity index (χ4v) is 4.03. The van der Waals surface area contributed by atoms with Crippen molar-refractivity contribution < 1.29 is 14.3 Å². The molecule has 0 spiro atoms. The lowest BCUT2D eigenvalue weighted by atomic mass is 10.1. The number of benzene rings is 1. The molecule has 0 aliphatic rings. The number of hydrogen-bond donors (Lipinski definition) is 2. The first-order valence-corrected chi connectivity index (χ1v) is 10.3. The van der Waals surface area contributed by atoms with Gasteiger partial charge < -0.3 is 5.11 Å². The summed E-state index contributed by atoms with van der Waals surface area (Å²) in [4.78, 5) is 25.3. The quantitative estimate of drug-likeness (QED) is 0.441. The molecule has 152 valence electrons. The number of nitrogens with zero attached hydrogens (tertiary/aromatic N) is 3. The number of aliphatic hydroxyl groups excluding tert-OH is 1. The van der Waals surface area contributed by atoms with Crippen LogP contribution in [0, 0.1) is 5.82 Å². The molecule has 3 aromatic heterocycles. The summed E-state index contributed by atoms with van der Waals surface area (Å²) in [6, 6.07) is 9.18. The van der Waals surface area contributed by atoms with Gasteiger partial charge in [0.2, 0.25) is 0 Å². The lowest BCUT2D eigenvalue weighted by Gasteiger charge is -2.10. The minimum absolute atomic E-state index is 0.193. The fourth-order valence-electron chi connectivity index (χ4n) is 2.86. The summed E-state index contributed by atoms with van der Waals surface area (Å²) in [7, 11) is 0. The normalized spacial score (nSPS) is 12.1. The van der Waals surface area contributed by atoms with Crippen LogP contribution in [0.1, 0.15) is 35.5 Å². The Kier molecular flexibility index (Phi) is 5.72. The molecule has 0 bridgehead atoms. The average Bonchev–Trinajstić information content (AvgIpc) is 3.14. The summed E-state index contributed by atoms with van der Waals surface area (Å²) in [5, 5.41) is 13.3. The SMILES string of the molecule is CC[C@@H](O)c1cnc(-c2ccc(C(=O)Nc3nc4ccc(F)cc4s3)nc2)c(Cl)c1. The van der Waals surface area contributed by atoms with Crippen molar-refractivity contribution in [3.8, 4) is 11.3 Å². The number of carbonyl (C=O) groups is 1. The van der Waals surface area contributed by atoms with Crippen molar-refractivity contribution in [1.82, 2.24) is 15.0 Å². The highest BCUT2D eigenvalue weighted by Gasteiger charge is 2.14. The van der Waals surface area contributed by atoms with Crippen LogP contribution >= 0.6 is 22.9 Å². The molecule has 4 aromatic rings. The van der Waals surface area contributed by atoms with E-state index in [0.717, 1.165) is 0 Å². The highest BCUT2D eigenvalue weighted by atomic mass is 35.5. The van der Waals surface area contributed by atoms with Gasteiger partial charge >= 0.3 is 0 Å². The second-order valence-electron chi connectivity index (χ2n) is 6.54. The lowest BCUT2D eigenvalue weighted by molar-refractivity contribution is 0.102. The largest absolute Gasteiger partial charge is 0.388 e. The summed E-state index contributed by atoms with van der Waals surface area (Å²) >= 11 is 7.49. The Labute approximate surface area is 180 Å². The fraction of sp³-hybridized carbons (Fsp3) is 0.143. The van der Waals surface area contributed by atoms with Gasteiger partial charge in [0.25, 0.3) is 5.91 Å². The minimum atomic E-state index is -0.618. The van der Waals surface area contributed by atoms with Crippen molar-refractivity contribution in [2.24, 2.45) is 0 Å². The summed E-state index contributed by atoms with van der Waals surface area (Å²) in [5.74, 6) is -0.785. The number of hydrogen-bond acceptors (Lipinski definition) is 6. The van der Waals surface area contributed by atoms with Crippen molar-refractivity contribution in [3.63, 3.8) is 0 Å². The standard InChI is InChI=1S/C21H16ClFN4O2S/c1-2-17(28)12-7-14(22)19(25-10-12)11-3-5-16(24-9-11)20(29)27-21-26-15-6-4-13(23)8-18(15)30-21/h3-10,17,28H,2H2,1H3,(H,26,27,29)/t17-/m1/s1. The van der Waals surface area contributed by atoms with E-state index in [1.807, 2.05) is 6.92 Å². The van der Waals surface area contributed by atoms with E-state index in [2.05, 4.69) is 20.3 Å². The number of pyridine rings is 2. The maximum atomic E-state index is 13.3. The first-order valence-electron chi connectivity index (χ1n) is 9.12. The van der Waals surface area contributed by atoms with Crippen LogP contribution in [0.15, 0.2) is 48.8 Å². The molecule has 30 heavy (non-hydrogen) atoms. The van der Waals surface area contributed by atoms with Crippen molar-refractivity contribution in [1.29, 1.82) is 0 Å². The molecular weight excluding hydrogens is 427 g/mol. The highest BCUT2D eigenvalue weighted by molar-refractivity contribution is 7.22. The Hall–Kier alpha value is -2.94. The van der Waals surface area contributed by atoms with Gasteiger partial charge in [-0.2, -0.15) is 0 Å². The summed E-state index contributed by atoms with van der Waals surface area (Å²) in [6.07, 6.45) is 3.03. The zero-order valence-electron chi connectivity index (χ0n) is 15.8. The number of aromatic nitrogens is 3. The Morgan fingerprint density at radius 2 is 2.07 bits per heavy atom. The van der Waals surface area contributed by atoms with E-state index in [0.29, 0.717) is 43.6 Å². The van der Waals surface area contributed by atoms with Crippen LogP contribution in [0.3, 0.4) is 0 Å². The second kappa shape index (κ2) is 8.43. The minimum Gasteiger partial charge on any atom is -0.388 e. The van der Waals surface area contributed by atoms with Gasteiger partial charge in [-0.15, -0.1) is 0 Å². The number of thiazole rings is 1. The molecule has 1 aromatic carbocycles. The Morgan fingerprint density at radius 1 is 1.23 bits per heavy atom. The van der Waals surface area contributed by atoms with Crippen LogP contribution in [-0.4, -0.2) is 26.0 Å². The van der Waals surface area contributed by atoms with Crippen LogP contribution in [0.4, 0.5) is 9.52 Å². The molecule has 3 heterocycles. The molecule has 9 heteroatoms. The van der Waals surface area contributed by atoms with E-state index < -0.39 is 12.0 Å². The number of anilines is 1. The number of nitrogens with one attached hydrogen (secondary N) is 1. The predicted molar refractivity (Wildman–Crippen MR) is 115 cm³/mol. The molecule has 0 fully saturated rings. The van der Waals surface area contributed by atoms with Crippen LogP contribution < -0.4 is 5.32 Å². The maximum Gasteiger partial charge on any atom is 0.276 e. The second-order valence-corrected chi connectivity index (χ2v) is 7.98. The van der Waals surface area contributed by atoms with Gasteiger partial charge in [0.05, 0.1) is 27.0 Å². The third kappa shape index (κ3) is 4.16. The molecule has 2 N–H and O–H groups in total. The maximum absolute atomic E-state index is 13.3. The molecule has 0 saturated heterocycles. The van der Waals surface area contributed by atoms with Crippen LogP contribution in [0.2, 0.25) is 5.02 Å². The van der Waals surface area contributed by atoms with Gasteiger partial charge in [-0.05, 0) is 42.8 Å². The Bertz CT molecular complexity index is 1230. The molecule has 6 nitrogen and oxygen atoms in total. The van der Waals surface area contributed by atoms with Crippen LogP contribution in [-0.2, 0) is 0 Å². The van der Waals surface area contributed by atoms with Gasteiger partial charge in [0.15, 0.2) is 5.13 Å². The molecule has 0 saturated carbocycles. The number of fused-ring (bicyclic) bond motifs is 1. The summed E-state index contributed by atoms with van der Waals surface area (Å²) in [6.45, 7) is 1.87. The first-order chi connectivity index (χ1) is 14.4. The summed E-state index contributed by atoms with van der Waals surface area (Å²) in [5.41, 5.74) is 2.60. The number of aliphatic hydroxyl groups is 1. The van der Waals surface area contributed by atoms with Crippen molar-refractivity contribution >= 4 is 44.2 Å². The van der Waals surface area contributed by atoms with E-state index in [4.69, 9.17) is 11.6 Å². The number of amides is 1. The zero-order valence-corrected chi connectivity index (χ0v) is 17.3. The third-order valence-corrected chi connectivity index (χ3v) is 5.70. The molecule has 1 atom stereocenters. The van der Waals surface area contributed by atoms with Crippen LogP contribution in [0.25, 0.3) is 21.5 Å². The van der Waals surface area contributed by atoms with E-state index in [9.17, 15) is 14.3 Å². The van der Waals surface area contributed by atoms with Crippen molar-refractivity contribution in [2.45, 2.75) is 19.4 Å².